The van der Waals surface area contributed by atoms with Gasteiger partial charge in [0.15, 0.2) is 0 Å². The van der Waals surface area contributed by atoms with Crippen molar-refractivity contribution in [2.75, 3.05) is 44.7 Å². The van der Waals surface area contributed by atoms with Crippen LogP contribution in [0.15, 0.2) is 18.2 Å². The lowest BCUT2D eigenvalue weighted by Gasteiger charge is -2.26. The van der Waals surface area contributed by atoms with Crippen molar-refractivity contribution in [2.45, 2.75) is 32.7 Å². The topological polar surface area (TPSA) is 26.8 Å². The number of carbonyl (C=O) groups is 1. The quantitative estimate of drug-likeness (QED) is 0.816. The van der Waals surface area contributed by atoms with E-state index in [9.17, 15) is 4.79 Å². The summed E-state index contributed by atoms with van der Waals surface area (Å²) in [4.78, 5) is 18.3. The Morgan fingerprint density at radius 3 is 2.71 bits per heavy atom. The maximum atomic E-state index is 11.5. The van der Waals surface area contributed by atoms with Crippen LogP contribution < -0.4 is 4.90 Å². The highest BCUT2D eigenvalue weighted by Gasteiger charge is 2.26. The number of likely N-dealkylation sites (tertiary alicyclic amines) is 1. The molecule has 4 nitrogen and oxygen atoms in total. The first kappa shape index (κ1) is 17.6. The minimum absolute atomic E-state index is 0.197. The lowest BCUT2D eigenvalue weighted by Crippen LogP contribution is -2.30. The summed E-state index contributed by atoms with van der Waals surface area (Å²) in [6.45, 7) is 7.59. The molecule has 3 rings (SSSR count). The van der Waals surface area contributed by atoms with E-state index in [4.69, 9.17) is 11.6 Å². The molecule has 24 heavy (non-hydrogen) atoms. The Bertz CT molecular complexity index is 586. The molecule has 2 aliphatic rings. The molecule has 0 saturated carbocycles. The van der Waals surface area contributed by atoms with Crippen molar-refractivity contribution < 1.29 is 4.79 Å². The van der Waals surface area contributed by atoms with Crippen LogP contribution in [0.25, 0.3) is 0 Å². The number of carbonyl (C=O) groups excluding carboxylic acids is 1. The molecule has 0 aliphatic carbocycles. The number of anilines is 1. The van der Waals surface area contributed by atoms with E-state index in [2.05, 4.69) is 29.0 Å². The second-order valence-corrected chi connectivity index (χ2v) is 7.66. The van der Waals surface area contributed by atoms with Gasteiger partial charge in [-0.05, 0) is 44.4 Å². The molecule has 2 heterocycles. The molecule has 1 amide bonds. The molecular weight excluding hydrogens is 322 g/mol. The van der Waals surface area contributed by atoms with Crippen LogP contribution in [0.5, 0.6) is 0 Å². The molecule has 2 saturated heterocycles. The Balaban J connectivity index is 1.64. The van der Waals surface area contributed by atoms with Gasteiger partial charge in [0.1, 0.15) is 0 Å². The molecule has 1 aromatic rings. The second-order valence-electron chi connectivity index (χ2n) is 7.25. The molecule has 1 aromatic carbocycles. The van der Waals surface area contributed by atoms with E-state index in [0.29, 0.717) is 5.92 Å². The number of hydrogen-bond donors (Lipinski definition) is 0. The highest BCUT2D eigenvalue weighted by molar-refractivity contribution is 6.31. The van der Waals surface area contributed by atoms with E-state index >= 15 is 0 Å². The van der Waals surface area contributed by atoms with Crippen LogP contribution in [0.4, 0.5) is 5.69 Å². The van der Waals surface area contributed by atoms with Gasteiger partial charge >= 0.3 is 0 Å². The van der Waals surface area contributed by atoms with Gasteiger partial charge in [0.05, 0.1) is 0 Å². The minimum atomic E-state index is 0.197. The summed E-state index contributed by atoms with van der Waals surface area (Å²) in [5.41, 5.74) is 2.54. The van der Waals surface area contributed by atoms with E-state index in [-0.39, 0.29) is 5.91 Å². The molecule has 0 radical (unpaired) electrons. The van der Waals surface area contributed by atoms with Crippen LogP contribution >= 0.6 is 11.6 Å². The SMILES string of the molecule is CC(=O)N1CC[C@@H](CN(C)Cc2c(Cl)cccc2N2CCCC2)C1. The van der Waals surface area contributed by atoms with Crippen molar-refractivity contribution in [3.63, 3.8) is 0 Å². The van der Waals surface area contributed by atoms with Gasteiger partial charge in [0.2, 0.25) is 5.91 Å². The normalized spacial score (nSPS) is 21.1. The van der Waals surface area contributed by atoms with Gasteiger partial charge < -0.3 is 14.7 Å². The first-order valence-corrected chi connectivity index (χ1v) is 9.39. The van der Waals surface area contributed by atoms with Gasteiger partial charge in [-0.3, -0.25) is 4.79 Å². The van der Waals surface area contributed by atoms with Gasteiger partial charge in [0, 0.05) is 62.5 Å². The fourth-order valence-electron chi connectivity index (χ4n) is 4.00. The maximum absolute atomic E-state index is 11.5. The average molecular weight is 350 g/mol. The fraction of sp³-hybridized carbons (Fsp3) is 0.632. The molecule has 0 aromatic heterocycles. The molecule has 0 N–H and O–H groups in total. The van der Waals surface area contributed by atoms with Gasteiger partial charge in [-0.1, -0.05) is 17.7 Å². The number of halogens is 1. The number of amides is 1. The highest BCUT2D eigenvalue weighted by Crippen LogP contribution is 2.31. The van der Waals surface area contributed by atoms with Crippen molar-refractivity contribution in [3.05, 3.63) is 28.8 Å². The number of nitrogens with zero attached hydrogens (tertiary/aromatic N) is 3. The zero-order valence-electron chi connectivity index (χ0n) is 14.8. The minimum Gasteiger partial charge on any atom is -0.371 e. The van der Waals surface area contributed by atoms with Crippen LogP contribution in [0, 0.1) is 5.92 Å². The first-order valence-electron chi connectivity index (χ1n) is 9.01. The standard InChI is InChI=1S/C19H28ClN3O/c1-15(24)23-11-8-16(13-23)12-21(2)14-17-18(20)6-5-7-19(17)22-9-3-4-10-22/h5-7,16H,3-4,8-14H2,1-2H3/t16-/m0/s1. The summed E-state index contributed by atoms with van der Waals surface area (Å²) in [6, 6.07) is 6.26. The summed E-state index contributed by atoms with van der Waals surface area (Å²) in [7, 11) is 2.16. The summed E-state index contributed by atoms with van der Waals surface area (Å²) in [6.07, 6.45) is 3.64. The smallest absolute Gasteiger partial charge is 0.219 e. The monoisotopic (exact) mass is 349 g/mol. The fourth-order valence-corrected chi connectivity index (χ4v) is 4.23. The number of rotatable bonds is 5. The molecule has 0 bridgehead atoms. The van der Waals surface area contributed by atoms with Gasteiger partial charge in [-0.15, -0.1) is 0 Å². The van der Waals surface area contributed by atoms with Crippen molar-refractivity contribution >= 4 is 23.2 Å². The third-order valence-electron chi connectivity index (χ3n) is 5.27. The molecule has 2 fully saturated rings. The number of benzene rings is 1. The Morgan fingerprint density at radius 1 is 1.29 bits per heavy atom. The van der Waals surface area contributed by atoms with Gasteiger partial charge in [-0.2, -0.15) is 0 Å². The summed E-state index contributed by atoms with van der Waals surface area (Å²) in [5, 5.41) is 0.864. The van der Waals surface area contributed by atoms with Gasteiger partial charge in [-0.25, -0.2) is 0 Å². The van der Waals surface area contributed by atoms with E-state index in [1.807, 2.05) is 11.0 Å². The van der Waals surface area contributed by atoms with Crippen molar-refractivity contribution in [1.82, 2.24) is 9.80 Å². The number of hydrogen-bond acceptors (Lipinski definition) is 3. The largest absolute Gasteiger partial charge is 0.371 e. The lowest BCUT2D eigenvalue weighted by atomic mass is 10.1. The lowest BCUT2D eigenvalue weighted by molar-refractivity contribution is -0.127. The van der Waals surface area contributed by atoms with Crippen LogP contribution in [-0.4, -0.2) is 55.5 Å². The summed E-state index contributed by atoms with van der Waals surface area (Å²) in [5.74, 6) is 0.763. The summed E-state index contributed by atoms with van der Waals surface area (Å²) >= 11 is 6.53. The molecule has 132 valence electrons. The van der Waals surface area contributed by atoms with E-state index in [1.54, 1.807) is 6.92 Å². The zero-order valence-corrected chi connectivity index (χ0v) is 15.6. The van der Waals surface area contributed by atoms with Crippen molar-refractivity contribution in [2.24, 2.45) is 5.92 Å². The Labute approximate surface area is 150 Å². The van der Waals surface area contributed by atoms with E-state index in [1.165, 1.54) is 24.1 Å². The summed E-state index contributed by atoms with van der Waals surface area (Å²) < 4.78 is 0. The molecular formula is C19H28ClN3O. The van der Waals surface area contributed by atoms with Crippen LogP contribution in [0.1, 0.15) is 31.7 Å². The Morgan fingerprint density at radius 2 is 2.04 bits per heavy atom. The van der Waals surface area contributed by atoms with Crippen LogP contribution in [0.2, 0.25) is 5.02 Å². The predicted molar refractivity (Wildman–Crippen MR) is 99.6 cm³/mol. The Kier molecular flexibility index (Phi) is 5.67. The molecule has 0 unspecified atom stereocenters. The van der Waals surface area contributed by atoms with E-state index in [0.717, 1.165) is 50.7 Å². The third-order valence-corrected chi connectivity index (χ3v) is 5.62. The molecule has 2 aliphatic heterocycles. The van der Waals surface area contributed by atoms with E-state index < -0.39 is 0 Å². The highest BCUT2D eigenvalue weighted by atomic mass is 35.5. The first-order chi connectivity index (χ1) is 11.5. The molecule has 5 heteroatoms. The maximum Gasteiger partial charge on any atom is 0.219 e. The van der Waals surface area contributed by atoms with Crippen LogP contribution in [-0.2, 0) is 11.3 Å². The average Bonchev–Trinajstić information content (AvgIpc) is 3.20. The van der Waals surface area contributed by atoms with Crippen molar-refractivity contribution in [1.29, 1.82) is 0 Å². The molecule has 0 spiro atoms. The predicted octanol–water partition coefficient (Wildman–Crippen LogP) is 3.24. The van der Waals surface area contributed by atoms with Gasteiger partial charge in [0.25, 0.3) is 0 Å². The third kappa shape index (κ3) is 4.04. The second kappa shape index (κ2) is 7.75. The van der Waals surface area contributed by atoms with Crippen molar-refractivity contribution in [3.8, 4) is 0 Å². The Hall–Kier alpha value is -1.26. The zero-order chi connectivity index (χ0) is 17.1. The molecule has 1 atom stereocenters. The van der Waals surface area contributed by atoms with Crippen LogP contribution in [0.3, 0.4) is 0 Å².